The number of piperidine rings is 1. The van der Waals surface area contributed by atoms with E-state index < -0.39 is 10.0 Å². The number of rotatable bonds is 6. The second-order valence-electron chi connectivity index (χ2n) is 6.39. The minimum absolute atomic E-state index is 0.207. The first-order chi connectivity index (χ1) is 11.8. The van der Waals surface area contributed by atoms with Crippen LogP contribution in [0.4, 0.5) is 5.69 Å². The van der Waals surface area contributed by atoms with Crippen LogP contribution in [0.3, 0.4) is 0 Å². The summed E-state index contributed by atoms with van der Waals surface area (Å²) in [5.74, 6) is 1.08. The van der Waals surface area contributed by atoms with Crippen LogP contribution in [0.25, 0.3) is 0 Å². The van der Waals surface area contributed by atoms with Crippen LogP contribution in [0.15, 0.2) is 18.2 Å². The fraction of sp³-hybridized carbons (Fsp3) is 0.588. The summed E-state index contributed by atoms with van der Waals surface area (Å²) < 4.78 is 36.2. The second kappa shape index (κ2) is 7.95. The van der Waals surface area contributed by atoms with E-state index in [1.54, 1.807) is 23.1 Å². The average molecular weight is 370 g/mol. The quantitative estimate of drug-likeness (QED) is 0.762. The van der Waals surface area contributed by atoms with Gasteiger partial charge in [0.1, 0.15) is 18.0 Å². The normalized spacial score (nSPS) is 17.9. The largest absolute Gasteiger partial charge is 0.497 e. The smallest absolute Gasteiger partial charge is 0.243 e. The minimum Gasteiger partial charge on any atom is -0.497 e. The Morgan fingerprint density at radius 3 is 2.60 bits per heavy atom. The van der Waals surface area contributed by atoms with E-state index in [2.05, 4.69) is 6.92 Å². The summed E-state index contributed by atoms with van der Waals surface area (Å²) >= 11 is 0. The molecular weight excluding hydrogens is 344 g/mol. The van der Waals surface area contributed by atoms with Crippen molar-refractivity contribution in [3.05, 3.63) is 18.2 Å². The Bertz CT molecular complexity index is 720. The van der Waals surface area contributed by atoms with Crippen molar-refractivity contribution in [2.45, 2.75) is 19.8 Å². The molecule has 0 spiro atoms. The molecule has 1 heterocycles. The van der Waals surface area contributed by atoms with Crippen LogP contribution in [0.1, 0.15) is 19.8 Å². The number of likely N-dealkylation sites (tertiary alicyclic amines) is 1. The topological polar surface area (TPSA) is 76.2 Å². The van der Waals surface area contributed by atoms with E-state index >= 15 is 0 Å². The number of hydrogen-bond acceptors (Lipinski definition) is 5. The first-order valence-electron chi connectivity index (χ1n) is 8.23. The lowest BCUT2D eigenvalue weighted by Crippen LogP contribution is -2.46. The van der Waals surface area contributed by atoms with Gasteiger partial charge in [0, 0.05) is 19.2 Å². The van der Waals surface area contributed by atoms with Crippen LogP contribution >= 0.6 is 0 Å². The third-order valence-electron chi connectivity index (χ3n) is 4.34. The number of benzene rings is 1. The predicted molar refractivity (Wildman–Crippen MR) is 96.7 cm³/mol. The molecule has 0 unspecified atom stereocenters. The predicted octanol–water partition coefficient (Wildman–Crippen LogP) is 1.73. The van der Waals surface area contributed by atoms with E-state index in [4.69, 9.17) is 9.47 Å². The first kappa shape index (κ1) is 19.4. The first-order valence-corrected chi connectivity index (χ1v) is 10.1. The van der Waals surface area contributed by atoms with Gasteiger partial charge in [-0.3, -0.25) is 9.10 Å². The maximum absolute atomic E-state index is 12.7. The molecule has 1 saturated heterocycles. The van der Waals surface area contributed by atoms with Gasteiger partial charge in [-0.2, -0.15) is 0 Å². The molecule has 0 N–H and O–H groups in total. The van der Waals surface area contributed by atoms with Crippen molar-refractivity contribution in [2.75, 3.05) is 44.4 Å². The van der Waals surface area contributed by atoms with Crippen LogP contribution in [-0.4, -0.2) is 59.3 Å². The highest BCUT2D eigenvalue weighted by atomic mass is 32.2. The summed E-state index contributed by atoms with van der Waals surface area (Å²) in [6, 6.07) is 4.86. The zero-order valence-electron chi connectivity index (χ0n) is 15.2. The van der Waals surface area contributed by atoms with Crippen molar-refractivity contribution >= 4 is 21.6 Å². The summed E-state index contributed by atoms with van der Waals surface area (Å²) in [5.41, 5.74) is 0.294. The molecule has 7 nitrogen and oxygen atoms in total. The van der Waals surface area contributed by atoms with Gasteiger partial charge < -0.3 is 14.4 Å². The molecule has 1 atom stereocenters. The number of amides is 1. The Morgan fingerprint density at radius 2 is 2.04 bits per heavy atom. The Balaban J connectivity index is 2.33. The number of carbonyl (C=O) groups is 1. The Kier molecular flexibility index (Phi) is 6.16. The number of hydrogen-bond donors (Lipinski definition) is 0. The number of sulfonamides is 1. The van der Waals surface area contributed by atoms with E-state index in [1.165, 1.54) is 14.2 Å². The third kappa shape index (κ3) is 4.78. The fourth-order valence-corrected chi connectivity index (χ4v) is 3.86. The van der Waals surface area contributed by atoms with Crippen molar-refractivity contribution in [1.82, 2.24) is 4.90 Å². The summed E-state index contributed by atoms with van der Waals surface area (Å²) in [6.07, 6.45) is 3.11. The van der Waals surface area contributed by atoms with Crippen LogP contribution in [0, 0.1) is 5.92 Å². The van der Waals surface area contributed by atoms with E-state index in [0.717, 1.165) is 23.4 Å². The van der Waals surface area contributed by atoms with E-state index in [0.29, 0.717) is 36.2 Å². The van der Waals surface area contributed by atoms with Gasteiger partial charge in [-0.25, -0.2) is 8.42 Å². The molecule has 1 amide bonds. The molecular formula is C17H26N2O5S. The minimum atomic E-state index is -3.67. The lowest BCUT2D eigenvalue weighted by Gasteiger charge is -2.33. The molecule has 0 aromatic heterocycles. The highest BCUT2D eigenvalue weighted by Crippen LogP contribution is 2.33. The van der Waals surface area contributed by atoms with Crippen LogP contribution < -0.4 is 13.8 Å². The van der Waals surface area contributed by atoms with Gasteiger partial charge in [0.15, 0.2) is 0 Å². The monoisotopic (exact) mass is 370 g/mol. The highest BCUT2D eigenvalue weighted by molar-refractivity contribution is 7.92. The number of methoxy groups -OCH3 is 2. The van der Waals surface area contributed by atoms with E-state index in [1.807, 2.05) is 0 Å². The molecule has 1 aromatic rings. The summed E-state index contributed by atoms with van der Waals surface area (Å²) in [4.78, 5) is 14.4. The van der Waals surface area contributed by atoms with Crippen molar-refractivity contribution in [3.63, 3.8) is 0 Å². The lowest BCUT2D eigenvalue weighted by atomic mass is 10.0. The number of anilines is 1. The molecule has 1 fully saturated rings. The molecule has 1 aromatic carbocycles. The van der Waals surface area contributed by atoms with Gasteiger partial charge in [0.05, 0.1) is 26.2 Å². The third-order valence-corrected chi connectivity index (χ3v) is 5.47. The molecule has 140 valence electrons. The van der Waals surface area contributed by atoms with Gasteiger partial charge >= 0.3 is 0 Å². The molecule has 0 bridgehead atoms. The molecule has 1 aliphatic rings. The number of carbonyl (C=O) groups excluding carboxylic acids is 1. The fourth-order valence-electron chi connectivity index (χ4n) is 3.01. The van der Waals surface area contributed by atoms with Gasteiger partial charge in [0.25, 0.3) is 0 Å². The summed E-state index contributed by atoms with van der Waals surface area (Å²) in [6.45, 7) is 3.16. The van der Waals surface area contributed by atoms with Crippen molar-refractivity contribution < 1.29 is 22.7 Å². The lowest BCUT2D eigenvalue weighted by molar-refractivity contribution is -0.131. The van der Waals surface area contributed by atoms with Gasteiger partial charge in [-0.1, -0.05) is 6.92 Å². The van der Waals surface area contributed by atoms with Crippen LogP contribution in [-0.2, 0) is 14.8 Å². The Labute approximate surface area is 149 Å². The second-order valence-corrected chi connectivity index (χ2v) is 8.30. The molecule has 1 aliphatic heterocycles. The summed E-state index contributed by atoms with van der Waals surface area (Å²) in [5, 5.41) is 0. The average Bonchev–Trinajstić information content (AvgIpc) is 2.57. The van der Waals surface area contributed by atoms with E-state index in [-0.39, 0.29) is 12.5 Å². The standard InChI is InChI=1S/C17H26N2O5S/c1-13-6-5-9-18(11-13)17(20)12-19(25(4,21)22)15-10-14(23-2)7-8-16(15)24-3/h7-8,10,13H,5-6,9,11-12H2,1-4H3/t13-/m0/s1. The zero-order valence-corrected chi connectivity index (χ0v) is 16.0. The SMILES string of the molecule is COc1ccc(OC)c(N(CC(=O)N2CCC[C@H](C)C2)S(C)(=O)=O)c1. The number of ether oxygens (including phenoxy) is 2. The molecule has 25 heavy (non-hydrogen) atoms. The molecule has 0 radical (unpaired) electrons. The molecule has 2 rings (SSSR count). The van der Waals surface area contributed by atoms with Crippen molar-refractivity contribution in [3.8, 4) is 11.5 Å². The maximum atomic E-state index is 12.7. The van der Waals surface area contributed by atoms with Crippen molar-refractivity contribution in [2.24, 2.45) is 5.92 Å². The summed E-state index contributed by atoms with van der Waals surface area (Å²) in [7, 11) is -0.718. The van der Waals surface area contributed by atoms with Crippen molar-refractivity contribution in [1.29, 1.82) is 0 Å². The highest BCUT2D eigenvalue weighted by Gasteiger charge is 2.28. The maximum Gasteiger partial charge on any atom is 0.243 e. The van der Waals surface area contributed by atoms with Crippen LogP contribution in [0.5, 0.6) is 11.5 Å². The van der Waals surface area contributed by atoms with Gasteiger partial charge in [0.2, 0.25) is 15.9 Å². The molecule has 0 saturated carbocycles. The molecule has 8 heteroatoms. The molecule has 0 aliphatic carbocycles. The van der Waals surface area contributed by atoms with E-state index in [9.17, 15) is 13.2 Å². The zero-order chi connectivity index (χ0) is 18.6. The number of nitrogens with zero attached hydrogens (tertiary/aromatic N) is 2. The van der Waals surface area contributed by atoms with Gasteiger partial charge in [-0.15, -0.1) is 0 Å². The Hall–Kier alpha value is -1.96. The van der Waals surface area contributed by atoms with Crippen LogP contribution in [0.2, 0.25) is 0 Å². The van der Waals surface area contributed by atoms with Gasteiger partial charge in [-0.05, 0) is 30.9 Å². The Morgan fingerprint density at radius 1 is 1.32 bits per heavy atom.